The number of hydrogen-bond acceptors (Lipinski definition) is 2. The van der Waals surface area contributed by atoms with Crippen LogP contribution in [0.5, 0.6) is 0 Å². The van der Waals surface area contributed by atoms with Crippen molar-refractivity contribution in [3.05, 3.63) is 29.6 Å². The van der Waals surface area contributed by atoms with Gasteiger partial charge in [-0.25, -0.2) is 9.18 Å². The highest BCUT2D eigenvalue weighted by Crippen LogP contribution is 2.15. The van der Waals surface area contributed by atoms with E-state index in [-0.39, 0.29) is 18.0 Å². The van der Waals surface area contributed by atoms with Crippen molar-refractivity contribution in [1.29, 1.82) is 0 Å². The van der Waals surface area contributed by atoms with E-state index in [0.717, 1.165) is 5.56 Å². The lowest BCUT2D eigenvalue weighted by Crippen LogP contribution is -2.30. The number of nitrogens with two attached hydrogens (primary N) is 1. The summed E-state index contributed by atoms with van der Waals surface area (Å²) in [5, 5.41) is 4.94. The predicted molar refractivity (Wildman–Crippen MR) is 71.2 cm³/mol. The number of aryl methyl sites for hydroxylation is 1. The lowest BCUT2D eigenvalue weighted by atomic mass is 10.2. The van der Waals surface area contributed by atoms with Crippen LogP contribution in [0.25, 0.3) is 0 Å². The summed E-state index contributed by atoms with van der Waals surface area (Å²) >= 11 is 0. The monoisotopic (exact) mass is 267 g/mol. The lowest BCUT2D eigenvalue weighted by molar-refractivity contribution is -0.116. The molecular weight excluding hydrogens is 249 g/mol. The van der Waals surface area contributed by atoms with Crippen LogP contribution in [-0.4, -0.2) is 18.5 Å². The van der Waals surface area contributed by atoms with Gasteiger partial charge in [0.1, 0.15) is 5.82 Å². The van der Waals surface area contributed by atoms with E-state index in [0.29, 0.717) is 19.4 Å². The minimum absolute atomic E-state index is 0.186. The molecule has 0 unspecified atom stereocenters. The Morgan fingerprint density at radius 1 is 1.32 bits per heavy atom. The molecule has 0 saturated heterocycles. The number of hydrogen-bond donors (Lipinski definition) is 3. The number of urea groups is 1. The first-order chi connectivity index (χ1) is 8.99. The minimum Gasteiger partial charge on any atom is -0.352 e. The minimum atomic E-state index is -0.578. The molecule has 4 N–H and O–H groups in total. The molecule has 0 aliphatic rings. The number of amides is 3. The summed E-state index contributed by atoms with van der Waals surface area (Å²) in [5.41, 5.74) is 5.88. The molecule has 1 aromatic rings. The Morgan fingerprint density at radius 3 is 2.68 bits per heavy atom. The van der Waals surface area contributed by atoms with Gasteiger partial charge in [0.05, 0.1) is 5.69 Å². The summed E-state index contributed by atoms with van der Waals surface area (Å²) in [6, 6.07) is 4.06. The average molecular weight is 267 g/mol. The number of nitrogens with one attached hydrogen (secondary N) is 2. The van der Waals surface area contributed by atoms with Gasteiger partial charge in [0, 0.05) is 13.0 Å². The van der Waals surface area contributed by atoms with Crippen LogP contribution >= 0.6 is 0 Å². The molecule has 6 heteroatoms. The van der Waals surface area contributed by atoms with Crippen LogP contribution in [0.3, 0.4) is 0 Å². The van der Waals surface area contributed by atoms with Crippen LogP contribution < -0.4 is 16.4 Å². The third kappa shape index (κ3) is 5.85. The molecule has 0 spiro atoms. The molecule has 0 aromatic heterocycles. The van der Waals surface area contributed by atoms with Gasteiger partial charge in [-0.15, -0.1) is 0 Å². The predicted octanol–water partition coefficient (Wildman–Crippen LogP) is 1.91. The Kier molecular flexibility index (Phi) is 5.78. The lowest BCUT2D eigenvalue weighted by Gasteiger charge is -2.07. The maximum absolute atomic E-state index is 13.5. The zero-order chi connectivity index (χ0) is 14.3. The van der Waals surface area contributed by atoms with Crippen molar-refractivity contribution in [2.45, 2.75) is 26.2 Å². The first kappa shape index (κ1) is 14.9. The van der Waals surface area contributed by atoms with E-state index in [4.69, 9.17) is 5.73 Å². The summed E-state index contributed by atoms with van der Waals surface area (Å²) in [6.07, 6.45) is 1.51. The van der Waals surface area contributed by atoms with E-state index in [1.165, 1.54) is 12.1 Å². The molecule has 1 rings (SSSR count). The number of primary amides is 1. The van der Waals surface area contributed by atoms with Gasteiger partial charge in [-0.3, -0.25) is 4.79 Å². The van der Waals surface area contributed by atoms with Crippen LogP contribution in [0.1, 0.15) is 24.8 Å². The van der Waals surface area contributed by atoms with Crippen LogP contribution in [0.2, 0.25) is 0 Å². The van der Waals surface area contributed by atoms with Crippen molar-refractivity contribution in [2.24, 2.45) is 5.73 Å². The highest BCUT2D eigenvalue weighted by Gasteiger charge is 2.06. The molecule has 1 aromatic carbocycles. The van der Waals surface area contributed by atoms with Gasteiger partial charge in [0.15, 0.2) is 0 Å². The van der Waals surface area contributed by atoms with Gasteiger partial charge >= 0.3 is 6.03 Å². The number of rotatable bonds is 6. The second kappa shape index (κ2) is 7.35. The van der Waals surface area contributed by atoms with E-state index in [1.54, 1.807) is 13.0 Å². The number of carbonyl (C=O) groups is 2. The van der Waals surface area contributed by atoms with Crippen molar-refractivity contribution in [2.75, 3.05) is 11.9 Å². The fourth-order valence-electron chi connectivity index (χ4n) is 1.56. The van der Waals surface area contributed by atoms with Gasteiger partial charge < -0.3 is 16.4 Å². The molecule has 0 aliphatic carbocycles. The third-order valence-electron chi connectivity index (χ3n) is 2.53. The van der Waals surface area contributed by atoms with Crippen molar-refractivity contribution < 1.29 is 14.0 Å². The number of halogens is 1. The molecule has 0 radical (unpaired) electrons. The molecule has 104 valence electrons. The summed E-state index contributed by atoms with van der Waals surface area (Å²) < 4.78 is 13.5. The fraction of sp³-hybridized carbons (Fsp3) is 0.385. The van der Waals surface area contributed by atoms with E-state index in [9.17, 15) is 14.0 Å². The fourth-order valence-corrected chi connectivity index (χ4v) is 1.56. The molecular formula is C13H18FN3O2. The Bertz CT molecular complexity index is 463. The standard InChI is InChI=1S/C13H18FN3O2/c1-9-5-6-11(10(14)8-9)17-12(18)4-2-3-7-16-13(15)19/h5-6,8H,2-4,7H2,1H3,(H,17,18)(H3,15,16,19). The van der Waals surface area contributed by atoms with Gasteiger partial charge in [-0.05, 0) is 37.5 Å². The van der Waals surface area contributed by atoms with E-state index in [1.807, 2.05) is 0 Å². The summed E-state index contributed by atoms with van der Waals surface area (Å²) in [4.78, 5) is 21.9. The number of benzene rings is 1. The van der Waals surface area contributed by atoms with Crippen molar-refractivity contribution in [3.63, 3.8) is 0 Å². The van der Waals surface area contributed by atoms with Crippen LogP contribution in [0.4, 0.5) is 14.9 Å². The van der Waals surface area contributed by atoms with Gasteiger partial charge in [0.2, 0.25) is 5.91 Å². The van der Waals surface area contributed by atoms with Gasteiger partial charge in [0.25, 0.3) is 0 Å². The molecule has 0 bridgehead atoms. The molecule has 0 aliphatic heterocycles. The number of unbranched alkanes of at least 4 members (excludes halogenated alkanes) is 1. The third-order valence-corrected chi connectivity index (χ3v) is 2.53. The summed E-state index contributed by atoms with van der Waals surface area (Å²) in [7, 11) is 0. The SMILES string of the molecule is Cc1ccc(NC(=O)CCCCNC(N)=O)c(F)c1. The second-order valence-corrected chi connectivity index (χ2v) is 4.28. The van der Waals surface area contributed by atoms with E-state index < -0.39 is 11.8 Å². The largest absolute Gasteiger partial charge is 0.352 e. The summed E-state index contributed by atoms with van der Waals surface area (Å²) in [5.74, 6) is -0.689. The summed E-state index contributed by atoms with van der Waals surface area (Å²) in [6.45, 7) is 2.21. The van der Waals surface area contributed by atoms with Crippen molar-refractivity contribution in [3.8, 4) is 0 Å². The van der Waals surface area contributed by atoms with Crippen molar-refractivity contribution in [1.82, 2.24) is 5.32 Å². The van der Waals surface area contributed by atoms with E-state index >= 15 is 0 Å². The van der Waals surface area contributed by atoms with Crippen LogP contribution in [0.15, 0.2) is 18.2 Å². The Balaban J connectivity index is 2.29. The Morgan fingerprint density at radius 2 is 2.05 bits per heavy atom. The second-order valence-electron chi connectivity index (χ2n) is 4.28. The molecule has 0 fully saturated rings. The zero-order valence-electron chi connectivity index (χ0n) is 10.8. The zero-order valence-corrected chi connectivity index (χ0v) is 10.8. The van der Waals surface area contributed by atoms with Gasteiger partial charge in [-0.1, -0.05) is 6.07 Å². The molecule has 3 amide bonds. The normalized spacial score (nSPS) is 10.0. The number of anilines is 1. The van der Waals surface area contributed by atoms with Crippen LogP contribution in [-0.2, 0) is 4.79 Å². The first-order valence-corrected chi connectivity index (χ1v) is 6.08. The highest BCUT2D eigenvalue weighted by atomic mass is 19.1. The molecule has 5 nitrogen and oxygen atoms in total. The Hall–Kier alpha value is -2.11. The molecule has 0 heterocycles. The van der Waals surface area contributed by atoms with Crippen molar-refractivity contribution >= 4 is 17.6 Å². The molecule has 0 atom stereocenters. The smallest absolute Gasteiger partial charge is 0.312 e. The molecule has 0 saturated carbocycles. The van der Waals surface area contributed by atoms with Crippen LogP contribution in [0, 0.1) is 12.7 Å². The number of carbonyl (C=O) groups excluding carboxylic acids is 2. The highest BCUT2D eigenvalue weighted by molar-refractivity contribution is 5.90. The maximum atomic E-state index is 13.5. The topological polar surface area (TPSA) is 84.2 Å². The van der Waals surface area contributed by atoms with E-state index in [2.05, 4.69) is 10.6 Å². The maximum Gasteiger partial charge on any atom is 0.312 e. The average Bonchev–Trinajstić information content (AvgIpc) is 2.32. The van der Waals surface area contributed by atoms with Gasteiger partial charge in [-0.2, -0.15) is 0 Å². The quantitative estimate of drug-likeness (QED) is 0.688. The Labute approximate surface area is 111 Å². The first-order valence-electron chi connectivity index (χ1n) is 6.08. The molecule has 19 heavy (non-hydrogen) atoms.